The van der Waals surface area contributed by atoms with Crippen LogP contribution in [0.25, 0.3) is 21.8 Å². The summed E-state index contributed by atoms with van der Waals surface area (Å²) in [6.07, 6.45) is 10.6. The van der Waals surface area contributed by atoms with Gasteiger partial charge >= 0.3 is 12.3 Å². The van der Waals surface area contributed by atoms with Gasteiger partial charge in [-0.25, -0.2) is 0 Å². The Morgan fingerprint density at radius 3 is 1.83 bits per heavy atom. The van der Waals surface area contributed by atoms with Crippen LogP contribution < -0.4 is 0 Å². The van der Waals surface area contributed by atoms with Gasteiger partial charge in [-0.15, -0.1) is 0 Å². The molecule has 9 heteroatoms. The second-order valence-corrected chi connectivity index (χ2v) is 13.5. The van der Waals surface area contributed by atoms with Crippen molar-refractivity contribution in [2.24, 2.45) is 0 Å². The van der Waals surface area contributed by atoms with Crippen molar-refractivity contribution >= 4 is 50.0 Å². The maximum Gasteiger partial charge on any atom is 0.373 e. The van der Waals surface area contributed by atoms with Crippen LogP contribution in [0, 0.1) is 36.5 Å². The van der Waals surface area contributed by atoms with Crippen LogP contribution in [0.2, 0.25) is 0 Å². The normalized spacial score (nSPS) is 12.1. The number of benzene rings is 4. The standard InChI is InChI=1S/C21H20N2.C13H15N.C8H6BrN.2CO2/c1-15-6-4-10-19-18-9-2-3-11-20(18)23(21(15)19)14-17-8-5-7-16(12-17)13-22;1-9-5-4-7-11-10-6-2-3-8-12(10)14-13(9)11;9-5-7-2-1-3-8(4-7)6-10;2*2-1-3/h4-8,10,12H,2-3,9,11,14H2,1H3;4-5,7,14H,2-3,6,8H2,1H3;1-4H,5H2;;. The number of H-pyrrole nitrogens is 1. The van der Waals surface area contributed by atoms with Crippen LogP contribution in [0.3, 0.4) is 0 Å². The van der Waals surface area contributed by atoms with E-state index < -0.39 is 0 Å². The van der Waals surface area contributed by atoms with Crippen LogP contribution >= 0.6 is 15.9 Å². The van der Waals surface area contributed by atoms with Gasteiger partial charge in [0.2, 0.25) is 0 Å². The first-order valence-electron chi connectivity index (χ1n) is 17.5. The second-order valence-electron chi connectivity index (χ2n) is 12.9. The van der Waals surface area contributed by atoms with E-state index in [1.807, 2.05) is 36.4 Å². The summed E-state index contributed by atoms with van der Waals surface area (Å²) in [5.41, 5.74) is 15.4. The summed E-state index contributed by atoms with van der Waals surface area (Å²) in [7, 11) is 0. The Morgan fingerprint density at radius 1 is 0.660 bits per heavy atom. The summed E-state index contributed by atoms with van der Waals surface area (Å²) in [6.45, 7) is 5.24. The molecule has 268 valence electrons. The molecular formula is C44H41BrN4O4. The molecule has 53 heavy (non-hydrogen) atoms. The van der Waals surface area contributed by atoms with E-state index in [-0.39, 0.29) is 12.3 Å². The summed E-state index contributed by atoms with van der Waals surface area (Å²) in [5, 5.41) is 21.3. The monoisotopic (exact) mass is 768 g/mol. The molecular weight excluding hydrogens is 728 g/mol. The summed E-state index contributed by atoms with van der Waals surface area (Å²) in [6, 6.07) is 33.1. The molecule has 0 unspecified atom stereocenters. The predicted octanol–water partition coefficient (Wildman–Crippen LogP) is 9.39. The van der Waals surface area contributed by atoms with Crippen LogP contribution in [0.1, 0.15) is 81.6 Å². The van der Waals surface area contributed by atoms with E-state index in [0.717, 1.165) is 28.6 Å². The number of hydrogen-bond donors (Lipinski definition) is 1. The molecule has 2 aliphatic rings. The molecule has 8 nitrogen and oxygen atoms in total. The van der Waals surface area contributed by atoms with Crippen molar-refractivity contribution in [3.05, 3.63) is 141 Å². The van der Waals surface area contributed by atoms with Gasteiger partial charge in [-0.2, -0.15) is 29.7 Å². The molecule has 0 fully saturated rings. The molecule has 0 saturated carbocycles. The first-order valence-corrected chi connectivity index (χ1v) is 18.7. The van der Waals surface area contributed by atoms with Crippen molar-refractivity contribution in [1.82, 2.24) is 9.55 Å². The molecule has 1 N–H and O–H groups in total. The molecule has 2 heterocycles. The largest absolute Gasteiger partial charge is 0.373 e. The Labute approximate surface area is 318 Å². The molecule has 0 spiro atoms. The molecule has 0 saturated heterocycles. The number of aryl methyl sites for hydroxylation is 5. The number of alkyl halides is 1. The lowest BCUT2D eigenvalue weighted by Gasteiger charge is -2.16. The number of halogens is 1. The quantitative estimate of drug-likeness (QED) is 0.178. The van der Waals surface area contributed by atoms with Crippen LogP contribution in [-0.2, 0) is 56.7 Å². The van der Waals surface area contributed by atoms with E-state index in [2.05, 4.69) is 93.9 Å². The number of hydrogen-bond acceptors (Lipinski definition) is 6. The van der Waals surface area contributed by atoms with Crippen LogP contribution in [0.4, 0.5) is 0 Å². The van der Waals surface area contributed by atoms with E-state index in [9.17, 15) is 0 Å². The summed E-state index contributed by atoms with van der Waals surface area (Å²) in [5.74, 6) is 0. The number of aromatic nitrogens is 2. The van der Waals surface area contributed by atoms with E-state index in [1.54, 1.807) is 17.2 Å². The maximum atomic E-state index is 9.14. The second kappa shape index (κ2) is 20.3. The van der Waals surface area contributed by atoms with Gasteiger partial charge in [-0.1, -0.05) is 76.6 Å². The van der Waals surface area contributed by atoms with Gasteiger partial charge in [0.05, 0.1) is 28.8 Å². The molecule has 8 rings (SSSR count). The average Bonchev–Trinajstić information content (AvgIpc) is 3.73. The minimum atomic E-state index is 0.250. The highest BCUT2D eigenvalue weighted by Gasteiger charge is 2.21. The highest BCUT2D eigenvalue weighted by atomic mass is 79.9. The maximum absolute atomic E-state index is 9.14. The summed E-state index contributed by atoms with van der Waals surface area (Å²) < 4.78 is 2.50. The van der Waals surface area contributed by atoms with Gasteiger partial charge in [0.25, 0.3) is 0 Å². The molecule has 2 aliphatic carbocycles. The molecule has 0 radical (unpaired) electrons. The Balaban J connectivity index is 0.000000178. The minimum absolute atomic E-state index is 0.250. The molecule has 0 aliphatic heterocycles. The zero-order valence-electron chi connectivity index (χ0n) is 30.0. The number of carbonyl (C=O) groups excluding carboxylic acids is 4. The molecule has 0 atom stereocenters. The molecule has 0 bridgehead atoms. The summed E-state index contributed by atoms with van der Waals surface area (Å²) >= 11 is 3.31. The third-order valence-electron chi connectivity index (χ3n) is 9.55. The number of nitrogens with zero attached hydrogens (tertiary/aromatic N) is 3. The van der Waals surface area contributed by atoms with Gasteiger partial charge in [0.15, 0.2) is 0 Å². The lowest BCUT2D eigenvalue weighted by atomic mass is 9.95. The topological polar surface area (TPSA) is 137 Å². The van der Waals surface area contributed by atoms with E-state index in [0.29, 0.717) is 0 Å². The third kappa shape index (κ3) is 10.2. The zero-order valence-corrected chi connectivity index (χ0v) is 31.6. The van der Waals surface area contributed by atoms with Gasteiger partial charge in [-0.3, -0.25) is 0 Å². The Bertz CT molecular complexity index is 2320. The predicted molar refractivity (Wildman–Crippen MR) is 207 cm³/mol. The Morgan fingerprint density at radius 2 is 1.19 bits per heavy atom. The van der Waals surface area contributed by atoms with Crippen molar-refractivity contribution in [3.8, 4) is 12.1 Å². The number of nitrogens with one attached hydrogen (secondary N) is 1. The van der Waals surface area contributed by atoms with Crippen molar-refractivity contribution < 1.29 is 19.2 Å². The molecule has 0 amide bonds. The SMILES string of the molecule is Cc1cccc2c3c([nH]c12)CCCC3.Cc1cccc2c3c(n(Cc4cccc(C#N)c4)c12)CCCC3.N#Cc1cccc(CBr)c1.O=C=O.O=C=O. The van der Waals surface area contributed by atoms with Gasteiger partial charge in [-0.05, 0) is 123 Å². The van der Waals surface area contributed by atoms with Crippen molar-refractivity contribution in [1.29, 1.82) is 10.5 Å². The fourth-order valence-corrected chi connectivity index (χ4v) is 7.62. The average molecular weight is 770 g/mol. The fourth-order valence-electron chi connectivity index (χ4n) is 7.27. The van der Waals surface area contributed by atoms with Crippen molar-refractivity contribution in [2.75, 3.05) is 0 Å². The van der Waals surface area contributed by atoms with E-state index in [1.165, 1.54) is 101 Å². The highest BCUT2D eigenvalue weighted by molar-refractivity contribution is 9.08. The van der Waals surface area contributed by atoms with Crippen LogP contribution in [0.15, 0.2) is 84.9 Å². The first kappa shape index (κ1) is 40.0. The van der Waals surface area contributed by atoms with E-state index >= 15 is 0 Å². The van der Waals surface area contributed by atoms with Crippen LogP contribution in [0.5, 0.6) is 0 Å². The zero-order chi connectivity index (χ0) is 38.2. The minimum Gasteiger partial charge on any atom is -0.358 e. The van der Waals surface area contributed by atoms with E-state index in [4.69, 9.17) is 29.7 Å². The molecule has 2 aromatic heterocycles. The van der Waals surface area contributed by atoms with Crippen molar-refractivity contribution in [2.45, 2.75) is 77.1 Å². The smallest absolute Gasteiger partial charge is 0.358 e. The third-order valence-corrected chi connectivity index (χ3v) is 10.2. The number of fused-ring (bicyclic) bond motifs is 6. The number of rotatable bonds is 3. The number of aromatic amines is 1. The fraction of sp³-hybridized carbons (Fsp3) is 0.273. The van der Waals surface area contributed by atoms with Crippen molar-refractivity contribution in [3.63, 3.8) is 0 Å². The Kier molecular flexibility index (Phi) is 15.3. The van der Waals surface area contributed by atoms with Crippen LogP contribution in [-0.4, -0.2) is 21.9 Å². The lowest BCUT2D eigenvalue weighted by molar-refractivity contribution is -0.193. The molecule has 4 aromatic carbocycles. The number of nitriles is 2. The number of para-hydroxylation sites is 2. The lowest BCUT2D eigenvalue weighted by Crippen LogP contribution is -2.09. The first-order chi connectivity index (χ1) is 25.8. The van der Waals surface area contributed by atoms with Gasteiger partial charge < -0.3 is 9.55 Å². The van der Waals surface area contributed by atoms with Gasteiger partial charge in [0, 0.05) is 39.6 Å². The molecule has 6 aromatic rings. The Hall–Kier alpha value is -5.82. The summed E-state index contributed by atoms with van der Waals surface area (Å²) in [4.78, 5) is 36.1. The van der Waals surface area contributed by atoms with Gasteiger partial charge in [0.1, 0.15) is 0 Å². The highest BCUT2D eigenvalue weighted by Crippen LogP contribution is 2.34.